The quantitative estimate of drug-likeness (QED) is 0.735. The Balaban J connectivity index is 2.16. The number of aliphatic carboxylic acids is 1. The van der Waals surface area contributed by atoms with Gasteiger partial charge in [0.2, 0.25) is 0 Å². The molecule has 0 unspecified atom stereocenters. The van der Waals surface area contributed by atoms with Crippen LogP contribution in [-0.4, -0.2) is 60.1 Å². The van der Waals surface area contributed by atoms with Crippen LogP contribution in [0.1, 0.15) is 33.1 Å². The van der Waals surface area contributed by atoms with E-state index in [0.717, 1.165) is 52.1 Å². The molecule has 1 aliphatic heterocycles. The molecule has 0 bridgehead atoms. The Kier molecular flexibility index (Phi) is 6.52. The van der Waals surface area contributed by atoms with Crippen molar-refractivity contribution in [2.75, 3.05) is 39.3 Å². The monoisotopic (exact) mass is 242 g/mol. The Hall–Kier alpha value is -0.610. The predicted octanol–water partition coefficient (Wildman–Crippen LogP) is 1.51. The van der Waals surface area contributed by atoms with E-state index in [0.29, 0.717) is 12.3 Å². The van der Waals surface area contributed by atoms with Crippen molar-refractivity contribution < 1.29 is 9.90 Å². The molecule has 0 atom stereocenters. The normalized spacial score (nSPS) is 18.8. The first-order chi connectivity index (χ1) is 8.15. The van der Waals surface area contributed by atoms with Crippen molar-refractivity contribution in [3.8, 4) is 0 Å². The van der Waals surface area contributed by atoms with Crippen LogP contribution in [0.3, 0.4) is 0 Å². The summed E-state index contributed by atoms with van der Waals surface area (Å²) in [6.45, 7) is 11.0. The van der Waals surface area contributed by atoms with Crippen molar-refractivity contribution in [2.45, 2.75) is 33.1 Å². The molecule has 100 valence electrons. The third-order valence-corrected chi connectivity index (χ3v) is 3.80. The van der Waals surface area contributed by atoms with Gasteiger partial charge in [0.15, 0.2) is 0 Å². The van der Waals surface area contributed by atoms with Crippen LogP contribution < -0.4 is 0 Å². The molecule has 0 aliphatic carbocycles. The highest BCUT2D eigenvalue weighted by Gasteiger charge is 2.21. The van der Waals surface area contributed by atoms with E-state index in [-0.39, 0.29) is 0 Å². The zero-order valence-corrected chi connectivity index (χ0v) is 11.2. The van der Waals surface area contributed by atoms with Gasteiger partial charge in [-0.05, 0) is 44.9 Å². The minimum Gasteiger partial charge on any atom is -0.481 e. The second kappa shape index (κ2) is 7.67. The fraction of sp³-hybridized carbons (Fsp3) is 0.923. The van der Waals surface area contributed by atoms with E-state index in [4.69, 9.17) is 5.11 Å². The molecular formula is C13H26N2O2. The molecule has 0 aromatic carbocycles. The van der Waals surface area contributed by atoms with Gasteiger partial charge in [-0.25, -0.2) is 0 Å². The Labute approximate surface area is 105 Å². The van der Waals surface area contributed by atoms with Crippen LogP contribution in [0, 0.1) is 5.92 Å². The summed E-state index contributed by atoms with van der Waals surface area (Å²) in [5.74, 6) is -0.246. The van der Waals surface area contributed by atoms with Crippen molar-refractivity contribution in [3.05, 3.63) is 0 Å². The summed E-state index contributed by atoms with van der Waals surface area (Å²) in [4.78, 5) is 15.5. The van der Waals surface area contributed by atoms with Crippen LogP contribution in [-0.2, 0) is 4.79 Å². The molecule has 1 fully saturated rings. The molecule has 0 spiro atoms. The summed E-state index contributed by atoms with van der Waals surface area (Å²) >= 11 is 0. The van der Waals surface area contributed by atoms with Crippen LogP contribution in [0.4, 0.5) is 0 Å². The van der Waals surface area contributed by atoms with Crippen LogP contribution in [0.25, 0.3) is 0 Å². The number of hydrogen-bond donors (Lipinski definition) is 1. The van der Waals surface area contributed by atoms with Gasteiger partial charge in [-0.3, -0.25) is 4.79 Å². The molecule has 0 aromatic rings. The third kappa shape index (κ3) is 5.50. The van der Waals surface area contributed by atoms with Gasteiger partial charge in [0, 0.05) is 19.5 Å². The molecule has 0 aromatic heterocycles. The van der Waals surface area contributed by atoms with E-state index in [2.05, 4.69) is 23.6 Å². The number of nitrogens with zero attached hydrogens (tertiary/aromatic N) is 2. The average molecular weight is 242 g/mol. The molecule has 17 heavy (non-hydrogen) atoms. The molecule has 0 saturated carbocycles. The van der Waals surface area contributed by atoms with Crippen molar-refractivity contribution in [3.63, 3.8) is 0 Å². The van der Waals surface area contributed by atoms with E-state index in [9.17, 15) is 4.79 Å². The predicted molar refractivity (Wildman–Crippen MR) is 69.2 cm³/mol. The minimum absolute atomic E-state index is 0.351. The van der Waals surface area contributed by atoms with E-state index in [1.54, 1.807) is 0 Å². The van der Waals surface area contributed by atoms with E-state index >= 15 is 0 Å². The van der Waals surface area contributed by atoms with E-state index in [1.165, 1.54) is 0 Å². The standard InChI is InChI=1S/C13H26N2O2/c1-3-14(4-2)9-10-15-7-5-12(6-8-15)11-13(16)17/h12H,3-11H2,1-2H3,(H,16,17). The van der Waals surface area contributed by atoms with Crippen LogP contribution in [0.15, 0.2) is 0 Å². The number of carbonyl (C=O) groups is 1. The van der Waals surface area contributed by atoms with Gasteiger partial charge >= 0.3 is 5.97 Å². The van der Waals surface area contributed by atoms with Crippen molar-refractivity contribution >= 4 is 5.97 Å². The molecular weight excluding hydrogens is 216 g/mol. The number of piperidine rings is 1. The summed E-state index contributed by atoms with van der Waals surface area (Å²) in [5, 5.41) is 8.75. The fourth-order valence-electron chi connectivity index (χ4n) is 2.48. The first-order valence-electron chi connectivity index (χ1n) is 6.82. The Bertz CT molecular complexity index is 221. The zero-order valence-electron chi connectivity index (χ0n) is 11.2. The topological polar surface area (TPSA) is 43.8 Å². The number of likely N-dealkylation sites (N-methyl/N-ethyl adjacent to an activating group) is 1. The second-order valence-corrected chi connectivity index (χ2v) is 4.91. The Morgan fingerprint density at radius 3 is 2.35 bits per heavy atom. The highest BCUT2D eigenvalue weighted by Crippen LogP contribution is 2.20. The van der Waals surface area contributed by atoms with Gasteiger partial charge in [-0.1, -0.05) is 13.8 Å². The van der Waals surface area contributed by atoms with Gasteiger partial charge in [0.05, 0.1) is 0 Å². The molecule has 1 rings (SSSR count). The number of carboxylic acids is 1. The summed E-state index contributed by atoms with van der Waals surface area (Å²) in [6, 6.07) is 0. The number of rotatable bonds is 7. The van der Waals surface area contributed by atoms with Crippen LogP contribution >= 0.6 is 0 Å². The maximum Gasteiger partial charge on any atom is 0.303 e. The number of hydrogen-bond acceptors (Lipinski definition) is 3. The molecule has 4 heteroatoms. The molecule has 1 N–H and O–H groups in total. The summed E-state index contributed by atoms with van der Waals surface area (Å²) in [5.41, 5.74) is 0. The summed E-state index contributed by atoms with van der Waals surface area (Å²) < 4.78 is 0. The lowest BCUT2D eigenvalue weighted by Crippen LogP contribution is -2.40. The van der Waals surface area contributed by atoms with Gasteiger partial charge < -0.3 is 14.9 Å². The zero-order chi connectivity index (χ0) is 12.7. The minimum atomic E-state index is -0.647. The van der Waals surface area contributed by atoms with E-state index < -0.39 is 5.97 Å². The largest absolute Gasteiger partial charge is 0.481 e. The lowest BCUT2D eigenvalue weighted by Gasteiger charge is -2.32. The maximum atomic E-state index is 10.6. The SMILES string of the molecule is CCN(CC)CCN1CCC(CC(=O)O)CC1. The fourth-order valence-corrected chi connectivity index (χ4v) is 2.48. The number of likely N-dealkylation sites (tertiary alicyclic amines) is 1. The van der Waals surface area contributed by atoms with Crippen molar-refractivity contribution in [2.24, 2.45) is 5.92 Å². The smallest absolute Gasteiger partial charge is 0.303 e. The molecule has 4 nitrogen and oxygen atoms in total. The molecule has 1 saturated heterocycles. The lowest BCUT2D eigenvalue weighted by molar-refractivity contribution is -0.138. The van der Waals surface area contributed by atoms with Gasteiger partial charge in [0.25, 0.3) is 0 Å². The highest BCUT2D eigenvalue weighted by molar-refractivity contribution is 5.67. The van der Waals surface area contributed by atoms with Crippen LogP contribution in [0.5, 0.6) is 0 Å². The van der Waals surface area contributed by atoms with Crippen molar-refractivity contribution in [1.29, 1.82) is 0 Å². The number of carboxylic acid groups (broad SMARTS) is 1. The Morgan fingerprint density at radius 1 is 1.29 bits per heavy atom. The van der Waals surface area contributed by atoms with Crippen molar-refractivity contribution in [1.82, 2.24) is 9.80 Å². The first-order valence-corrected chi connectivity index (χ1v) is 6.82. The molecule has 1 aliphatic rings. The molecule has 1 heterocycles. The third-order valence-electron chi connectivity index (χ3n) is 3.80. The first kappa shape index (κ1) is 14.5. The Morgan fingerprint density at radius 2 is 1.88 bits per heavy atom. The van der Waals surface area contributed by atoms with E-state index in [1.807, 2.05) is 0 Å². The lowest BCUT2D eigenvalue weighted by atomic mass is 9.94. The summed E-state index contributed by atoms with van der Waals surface area (Å²) in [6.07, 6.45) is 2.44. The summed E-state index contributed by atoms with van der Waals surface area (Å²) in [7, 11) is 0. The average Bonchev–Trinajstić information content (AvgIpc) is 2.32. The highest BCUT2D eigenvalue weighted by atomic mass is 16.4. The maximum absolute atomic E-state index is 10.6. The van der Waals surface area contributed by atoms with Gasteiger partial charge in [-0.15, -0.1) is 0 Å². The molecule has 0 amide bonds. The second-order valence-electron chi connectivity index (χ2n) is 4.91. The van der Waals surface area contributed by atoms with Gasteiger partial charge in [-0.2, -0.15) is 0 Å². The van der Waals surface area contributed by atoms with Crippen LogP contribution in [0.2, 0.25) is 0 Å². The van der Waals surface area contributed by atoms with Gasteiger partial charge in [0.1, 0.15) is 0 Å². The molecule has 0 radical (unpaired) electrons.